The number of ether oxygens (including phenoxy) is 1. The number of halogens is 3. The first-order valence-electron chi connectivity index (χ1n) is 11.0. The van der Waals surface area contributed by atoms with E-state index in [1.54, 1.807) is 18.2 Å². The number of H-pyrrole nitrogens is 1. The average molecular weight is 502 g/mol. The monoisotopic (exact) mass is 502 g/mol. The number of anilines is 1. The second kappa shape index (κ2) is 10.9. The summed E-state index contributed by atoms with van der Waals surface area (Å²) in [7, 11) is 0. The Kier molecular flexibility index (Phi) is 7.47. The van der Waals surface area contributed by atoms with Crippen molar-refractivity contribution in [3.8, 4) is 17.1 Å². The smallest absolute Gasteiger partial charge is 0.406 e. The fraction of sp³-hybridized carbons (Fsp3) is 0.261. The number of carbonyl (C=O) groups excluding carboxylic acids is 1. The summed E-state index contributed by atoms with van der Waals surface area (Å²) in [5.74, 6) is 0.554. The van der Waals surface area contributed by atoms with Crippen molar-refractivity contribution in [3.63, 3.8) is 0 Å². The van der Waals surface area contributed by atoms with Gasteiger partial charge >= 0.3 is 6.36 Å². The number of amides is 1. The SMILES string of the molecule is O=C(CCCc1nc(-c2ccc(OC(F)(F)F)cc2)no1)NCCNc1n[nH]c(=O)c2ccccc12. The molecule has 2 aromatic heterocycles. The van der Waals surface area contributed by atoms with Crippen molar-refractivity contribution < 1.29 is 27.2 Å². The topological polar surface area (TPSA) is 135 Å². The van der Waals surface area contributed by atoms with Gasteiger partial charge < -0.3 is 19.9 Å². The first-order chi connectivity index (χ1) is 17.3. The van der Waals surface area contributed by atoms with Gasteiger partial charge in [0.05, 0.1) is 5.39 Å². The maximum Gasteiger partial charge on any atom is 0.573 e. The third-order valence-electron chi connectivity index (χ3n) is 5.04. The summed E-state index contributed by atoms with van der Waals surface area (Å²) in [6.07, 6.45) is -3.70. The van der Waals surface area contributed by atoms with Crippen molar-refractivity contribution in [1.29, 1.82) is 0 Å². The predicted octanol–water partition coefficient (Wildman–Crippen LogP) is 3.42. The van der Waals surface area contributed by atoms with Gasteiger partial charge in [-0.15, -0.1) is 13.2 Å². The first kappa shape index (κ1) is 24.7. The van der Waals surface area contributed by atoms with E-state index in [0.717, 1.165) is 12.1 Å². The van der Waals surface area contributed by atoms with Crippen molar-refractivity contribution in [2.24, 2.45) is 0 Å². The molecule has 0 aliphatic heterocycles. The van der Waals surface area contributed by atoms with E-state index in [2.05, 4.69) is 35.7 Å². The summed E-state index contributed by atoms with van der Waals surface area (Å²) in [5.41, 5.74) is 0.195. The molecule has 4 aromatic rings. The molecule has 0 atom stereocenters. The second-order valence-electron chi connectivity index (χ2n) is 7.66. The molecule has 2 aromatic carbocycles. The van der Waals surface area contributed by atoms with Crippen LogP contribution in [0, 0.1) is 0 Å². The van der Waals surface area contributed by atoms with Crippen LogP contribution in [0.1, 0.15) is 18.7 Å². The molecule has 10 nitrogen and oxygen atoms in total. The number of alkyl halides is 3. The molecule has 0 unspecified atom stereocenters. The molecule has 0 spiro atoms. The third kappa shape index (κ3) is 6.58. The highest BCUT2D eigenvalue weighted by Gasteiger charge is 2.31. The maximum absolute atomic E-state index is 12.3. The number of aromatic nitrogens is 4. The standard InChI is InChI=1S/C23H21F3N6O4/c24-23(25,26)35-15-10-8-14(9-11-15)20-29-19(36-32-20)7-3-6-18(33)27-12-13-28-21-16-4-1-2-5-17(16)22(34)31-30-21/h1-2,4-5,8-11H,3,6-7,12-13H2,(H,27,33)(H,28,30)(H,31,34). The van der Waals surface area contributed by atoms with E-state index in [0.29, 0.717) is 54.0 Å². The first-order valence-corrected chi connectivity index (χ1v) is 11.0. The molecule has 0 radical (unpaired) electrons. The van der Waals surface area contributed by atoms with E-state index in [1.807, 2.05) is 6.07 Å². The molecule has 1 amide bonds. The summed E-state index contributed by atoms with van der Waals surface area (Å²) in [4.78, 5) is 28.1. The predicted molar refractivity (Wildman–Crippen MR) is 123 cm³/mol. The Bertz CT molecular complexity index is 1390. The molecule has 0 fully saturated rings. The van der Waals surface area contributed by atoms with Gasteiger partial charge in [-0.3, -0.25) is 9.59 Å². The number of nitrogens with one attached hydrogen (secondary N) is 3. The van der Waals surface area contributed by atoms with Gasteiger partial charge in [0, 0.05) is 36.9 Å². The minimum atomic E-state index is -4.76. The van der Waals surface area contributed by atoms with Crippen LogP contribution in [0.5, 0.6) is 5.75 Å². The number of benzene rings is 2. The van der Waals surface area contributed by atoms with Crippen molar-refractivity contribution in [3.05, 3.63) is 64.8 Å². The van der Waals surface area contributed by atoms with Crippen LogP contribution in [-0.2, 0) is 11.2 Å². The Morgan fingerprint density at radius 1 is 1.06 bits per heavy atom. The molecule has 188 valence electrons. The molecular formula is C23H21F3N6O4. The van der Waals surface area contributed by atoms with Crippen LogP contribution in [0.25, 0.3) is 22.2 Å². The van der Waals surface area contributed by atoms with E-state index >= 15 is 0 Å². The number of fused-ring (bicyclic) bond motifs is 1. The lowest BCUT2D eigenvalue weighted by Gasteiger charge is -2.09. The molecule has 4 rings (SSSR count). The second-order valence-corrected chi connectivity index (χ2v) is 7.66. The molecule has 3 N–H and O–H groups in total. The molecular weight excluding hydrogens is 481 g/mol. The normalized spacial score (nSPS) is 11.4. The Balaban J connectivity index is 1.18. The minimum absolute atomic E-state index is 0.156. The van der Waals surface area contributed by atoms with E-state index in [9.17, 15) is 22.8 Å². The Hall–Kier alpha value is -4.42. The Morgan fingerprint density at radius 2 is 1.81 bits per heavy atom. The van der Waals surface area contributed by atoms with Crippen LogP contribution in [0.3, 0.4) is 0 Å². The summed E-state index contributed by atoms with van der Waals surface area (Å²) in [6.45, 7) is 0.765. The number of aromatic amines is 1. The number of rotatable bonds is 10. The summed E-state index contributed by atoms with van der Waals surface area (Å²) in [5, 5.41) is 17.4. The van der Waals surface area contributed by atoms with E-state index < -0.39 is 6.36 Å². The summed E-state index contributed by atoms with van der Waals surface area (Å²) in [6, 6.07) is 12.2. The highest BCUT2D eigenvalue weighted by atomic mass is 19.4. The van der Waals surface area contributed by atoms with Gasteiger partial charge in [0.1, 0.15) is 5.75 Å². The summed E-state index contributed by atoms with van der Waals surface area (Å²) < 4.78 is 45.8. The molecule has 0 saturated carbocycles. The quantitative estimate of drug-likeness (QED) is 0.281. The van der Waals surface area contributed by atoms with Crippen LogP contribution in [0.2, 0.25) is 0 Å². The highest BCUT2D eigenvalue weighted by Crippen LogP contribution is 2.25. The number of nitrogens with zero attached hydrogens (tertiary/aromatic N) is 3. The van der Waals surface area contributed by atoms with Gasteiger partial charge in [-0.25, -0.2) is 5.10 Å². The Morgan fingerprint density at radius 3 is 2.56 bits per heavy atom. The van der Waals surface area contributed by atoms with Crippen LogP contribution >= 0.6 is 0 Å². The number of aryl methyl sites for hydroxylation is 1. The molecule has 0 aliphatic carbocycles. The van der Waals surface area contributed by atoms with Crippen molar-refractivity contribution in [2.45, 2.75) is 25.6 Å². The average Bonchev–Trinajstić information content (AvgIpc) is 3.32. The molecule has 0 aliphatic rings. The lowest BCUT2D eigenvalue weighted by molar-refractivity contribution is -0.274. The number of hydrogen-bond donors (Lipinski definition) is 3. The highest BCUT2D eigenvalue weighted by molar-refractivity contribution is 5.90. The molecule has 36 heavy (non-hydrogen) atoms. The third-order valence-corrected chi connectivity index (χ3v) is 5.04. The zero-order valence-corrected chi connectivity index (χ0v) is 18.8. The maximum atomic E-state index is 12.3. The molecule has 2 heterocycles. The van der Waals surface area contributed by atoms with E-state index in [-0.39, 0.29) is 29.5 Å². The molecule has 13 heteroatoms. The largest absolute Gasteiger partial charge is 0.573 e. The van der Waals surface area contributed by atoms with Gasteiger partial charge in [-0.2, -0.15) is 10.1 Å². The fourth-order valence-electron chi connectivity index (χ4n) is 3.40. The van der Waals surface area contributed by atoms with E-state index in [4.69, 9.17) is 4.52 Å². The van der Waals surface area contributed by atoms with Crippen molar-refractivity contribution in [2.75, 3.05) is 18.4 Å². The lowest BCUT2D eigenvalue weighted by atomic mass is 10.2. The van der Waals surface area contributed by atoms with Crippen LogP contribution in [0.15, 0.2) is 57.8 Å². The van der Waals surface area contributed by atoms with Gasteiger partial charge in [0.2, 0.25) is 17.6 Å². The van der Waals surface area contributed by atoms with Crippen molar-refractivity contribution in [1.82, 2.24) is 25.7 Å². The number of hydrogen-bond acceptors (Lipinski definition) is 8. The van der Waals surface area contributed by atoms with Crippen LogP contribution < -0.4 is 20.9 Å². The lowest BCUT2D eigenvalue weighted by Crippen LogP contribution is -2.29. The van der Waals surface area contributed by atoms with Gasteiger partial charge in [-0.1, -0.05) is 23.4 Å². The molecule has 0 bridgehead atoms. The fourth-order valence-corrected chi connectivity index (χ4v) is 3.40. The van der Waals surface area contributed by atoms with E-state index in [1.165, 1.54) is 12.1 Å². The minimum Gasteiger partial charge on any atom is -0.406 e. The molecule has 0 saturated heterocycles. The van der Waals surface area contributed by atoms with Crippen LogP contribution in [-0.4, -0.2) is 45.7 Å². The van der Waals surface area contributed by atoms with Crippen LogP contribution in [0.4, 0.5) is 19.0 Å². The van der Waals surface area contributed by atoms with Crippen molar-refractivity contribution >= 4 is 22.5 Å². The zero-order valence-electron chi connectivity index (χ0n) is 18.8. The number of carbonyl (C=O) groups is 1. The van der Waals surface area contributed by atoms with Gasteiger partial charge in [0.15, 0.2) is 5.82 Å². The summed E-state index contributed by atoms with van der Waals surface area (Å²) >= 11 is 0. The zero-order chi connectivity index (χ0) is 25.5. The van der Waals surface area contributed by atoms with Gasteiger partial charge in [-0.05, 0) is 36.8 Å². The Labute approximate surface area is 201 Å². The van der Waals surface area contributed by atoms with Gasteiger partial charge in [0.25, 0.3) is 5.56 Å².